The number of guanidine groups is 1. The highest BCUT2D eigenvalue weighted by atomic mass is 16.5. The Hall–Kier alpha value is -3.53. The number of para-hydroxylation sites is 1. The first-order chi connectivity index (χ1) is 14.8. The largest absolute Gasteiger partial charge is 0.496 e. The van der Waals surface area contributed by atoms with E-state index in [1.54, 1.807) is 7.11 Å². The van der Waals surface area contributed by atoms with Gasteiger partial charge in [0, 0.05) is 30.5 Å². The van der Waals surface area contributed by atoms with Gasteiger partial charge in [0.05, 0.1) is 12.8 Å². The van der Waals surface area contributed by atoms with E-state index < -0.39 is 0 Å². The zero-order valence-electron chi connectivity index (χ0n) is 17.4. The van der Waals surface area contributed by atoms with Crippen molar-refractivity contribution in [3.63, 3.8) is 0 Å². The summed E-state index contributed by atoms with van der Waals surface area (Å²) in [5, 5.41) is 0. The third-order valence-electron chi connectivity index (χ3n) is 5.78. The Kier molecular flexibility index (Phi) is 4.75. The highest BCUT2D eigenvalue weighted by molar-refractivity contribution is 6.08. The Balaban J connectivity index is 1.54. The van der Waals surface area contributed by atoms with Crippen LogP contribution in [0.15, 0.2) is 84.0 Å². The van der Waals surface area contributed by atoms with Gasteiger partial charge in [-0.3, -0.25) is 9.89 Å². The molecular weight excluding hydrogens is 370 g/mol. The molecule has 0 N–H and O–H groups in total. The second-order valence-electron chi connectivity index (χ2n) is 7.63. The molecule has 150 valence electrons. The molecule has 0 aromatic heterocycles. The van der Waals surface area contributed by atoms with E-state index in [1.807, 2.05) is 12.1 Å². The van der Waals surface area contributed by atoms with Gasteiger partial charge < -0.3 is 9.64 Å². The minimum absolute atomic E-state index is 0.858. The fourth-order valence-electron chi connectivity index (χ4n) is 4.24. The van der Waals surface area contributed by atoms with Gasteiger partial charge in [-0.2, -0.15) is 0 Å². The van der Waals surface area contributed by atoms with Crippen LogP contribution >= 0.6 is 0 Å². The second-order valence-corrected chi connectivity index (χ2v) is 7.63. The molecule has 30 heavy (non-hydrogen) atoms. The monoisotopic (exact) mass is 395 g/mol. The predicted molar refractivity (Wildman–Crippen MR) is 124 cm³/mol. The topological polar surface area (TPSA) is 28.1 Å². The maximum Gasteiger partial charge on any atom is 0.210 e. The molecule has 3 aromatic carbocycles. The number of anilines is 1. The molecule has 0 aliphatic carbocycles. The normalized spacial score (nSPS) is 15.5. The van der Waals surface area contributed by atoms with Crippen molar-refractivity contribution in [1.82, 2.24) is 4.90 Å². The van der Waals surface area contributed by atoms with Gasteiger partial charge in [0.25, 0.3) is 0 Å². The fraction of sp³-hybridized carbons (Fsp3) is 0.192. The first kappa shape index (κ1) is 18.5. The SMILES string of the molecule is COc1ccccc1C1=CN(c2ccc(-c3ccccc3C)cc2)C2=NCCCN12. The van der Waals surface area contributed by atoms with Crippen LogP contribution in [0.25, 0.3) is 16.8 Å². The number of methoxy groups -OCH3 is 1. The van der Waals surface area contributed by atoms with Crippen LogP contribution in [-0.2, 0) is 0 Å². The van der Waals surface area contributed by atoms with E-state index in [0.29, 0.717) is 0 Å². The number of aryl methyl sites for hydroxylation is 1. The van der Waals surface area contributed by atoms with E-state index in [-0.39, 0.29) is 0 Å². The number of hydrogen-bond acceptors (Lipinski definition) is 4. The summed E-state index contributed by atoms with van der Waals surface area (Å²) in [6, 6.07) is 25.4. The lowest BCUT2D eigenvalue weighted by Gasteiger charge is -2.29. The lowest BCUT2D eigenvalue weighted by atomic mass is 10.0. The van der Waals surface area contributed by atoms with Crippen LogP contribution in [0.2, 0.25) is 0 Å². The maximum absolute atomic E-state index is 5.63. The van der Waals surface area contributed by atoms with E-state index in [9.17, 15) is 0 Å². The zero-order valence-corrected chi connectivity index (χ0v) is 17.4. The van der Waals surface area contributed by atoms with Gasteiger partial charge in [-0.05, 0) is 54.3 Å². The van der Waals surface area contributed by atoms with Crippen LogP contribution in [-0.4, -0.2) is 31.1 Å². The molecule has 0 amide bonds. The first-order valence-corrected chi connectivity index (χ1v) is 10.4. The molecule has 0 radical (unpaired) electrons. The smallest absolute Gasteiger partial charge is 0.210 e. The van der Waals surface area contributed by atoms with Gasteiger partial charge in [-0.25, -0.2) is 0 Å². The van der Waals surface area contributed by atoms with Gasteiger partial charge in [0.2, 0.25) is 5.96 Å². The van der Waals surface area contributed by atoms with Gasteiger partial charge in [-0.15, -0.1) is 0 Å². The van der Waals surface area contributed by atoms with Crippen molar-refractivity contribution >= 4 is 17.3 Å². The second kappa shape index (κ2) is 7.71. The lowest BCUT2D eigenvalue weighted by molar-refractivity contribution is 0.411. The summed E-state index contributed by atoms with van der Waals surface area (Å²) < 4.78 is 5.63. The van der Waals surface area contributed by atoms with E-state index in [4.69, 9.17) is 9.73 Å². The molecule has 2 heterocycles. The molecule has 4 nitrogen and oxygen atoms in total. The predicted octanol–water partition coefficient (Wildman–Crippen LogP) is 5.55. The van der Waals surface area contributed by atoms with Crippen LogP contribution < -0.4 is 9.64 Å². The van der Waals surface area contributed by atoms with Crippen LogP contribution in [0.3, 0.4) is 0 Å². The highest BCUT2D eigenvalue weighted by Crippen LogP contribution is 2.37. The van der Waals surface area contributed by atoms with Crippen LogP contribution in [0.4, 0.5) is 5.69 Å². The molecular formula is C26H25N3O. The summed E-state index contributed by atoms with van der Waals surface area (Å²) in [6.07, 6.45) is 3.24. The third kappa shape index (κ3) is 3.14. The third-order valence-corrected chi connectivity index (χ3v) is 5.78. The Morgan fingerprint density at radius 2 is 1.60 bits per heavy atom. The minimum Gasteiger partial charge on any atom is -0.496 e. The standard InChI is InChI=1S/C26H25N3O/c1-19-8-3-4-9-22(19)20-12-14-21(15-13-20)29-18-24(28-17-7-16-27-26(28)29)23-10-5-6-11-25(23)30-2/h3-6,8-15,18H,7,16-17H2,1-2H3. The molecule has 0 spiro atoms. The molecule has 3 aromatic rings. The molecule has 0 unspecified atom stereocenters. The number of ether oxygens (including phenoxy) is 1. The number of hydrogen-bond donors (Lipinski definition) is 0. The van der Waals surface area contributed by atoms with Crippen molar-refractivity contribution in [3.05, 3.63) is 90.1 Å². The van der Waals surface area contributed by atoms with E-state index >= 15 is 0 Å². The summed E-state index contributed by atoms with van der Waals surface area (Å²) in [5.41, 5.74) is 7.12. The Labute approximate surface area is 177 Å². The number of benzene rings is 3. The van der Waals surface area contributed by atoms with E-state index in [0.717, 1.165) is 48.2 Å². The molecule has 4 heteroatoms. The number of aliphatic imine (C=N–C) groups is 1. The van der Waals surface area contributed by atoms with Crippen molar-refractivity contribution in [2.45, 2.75) is 13.3 Å². The zero-order chi connectivity index (χ0) is 20.5. The summed E-state index contributed by atoms with van der Waals surface area (Å²) in [7, 11) is 1.72. The fourth-order valence-corrected chi connectivity index (χ4v) is 4.24. The minimum atomic E-state index is 0.858. The first-order valence-electron chi connectivity index (χ1n) is 10.4. The van der Waals surface area contributed by atoms with Crippen molar-refractivity contribution in [1.29, 1.82) is 0 Å². The molecule has 0 saturated carbocycles. The molecule has 0 atom stereocenters. The quantitative estimate of drug-likeness (QED) is 0.580. The Bertz CT molecular complexity index is 1130. The molecule has 5 rings (SSSR count). The van der Waals surface area contributed by atoms with Gasteiger partial charge >= 0.3 is 0 Å². The van der Waals surface area contributed by atoms with Crippen LogP contribution in [0.1, 0.15) is 17.5 Å². The maximum atomic E-state index is 5.63. The summed E-state index contributed by atoms with van der Waals surface area (Å²) in [5.74, 6) is 1.87. The van der Waals surface area contributed by atoms with E-state index in [2.05, 4.69) is 83.6 Å². The Morgan fingerprint density at radius 3 is 2.37 bits per heavy atom. The van der Waals surface area contributed by atoms with Crippen molar-refractivity contribution < 1.29 is 4.74 Å². The summed E-state index contributed by atoms with van der Waals surface area (Å²) >= 11 is 0. The van der Waals surface area contributed by atoms with Crippen molar-refractivity contribution in [2.24, 2.45) is 4.99 Å². The molecule has 0 bridgehead atoms. The lowest BCUT2D eigenvalue weighted by Crippen LogP contribution is -2.38. The van der Waals surface area contributed by atoms with Gasteiger partial charge in [0.1, 0.15) is 5.75 Å². The van der Waals surface area contributed by atoms with Gasteiger partial charge in [0.15, 0.2) is 0 Å². The van der Waals surface area contributed by atoms with Crippen LogP contribution in [0.5, 0.6) is 5.75 Å². The molecule has 0 fully saturated rings. The number of fused-ring (bicyclic) bond motifs is 1. The number of nitrogens with zero attached hydrogens (tertiary/aromatic N) is 3. The van der Waals surface area contributed by atoms with Crippen molar-refractivity contribution in [3.8, 4) is 16.9 Å². The average Bonchev–Trinajstić information content (AvgIpc) is 3.19. The average molecular weight is 396 g/mol. The molecule has 0 saturated heterocycles. The molecule has 2 aliphatic heterocycles. The highest BCUT2D eigenvalue weighted by Gasteiger charge is 2.32. The Morgan fingerprint density at radius 1 is 0.867 bits per heavy atom. The molecule has 2 aliphatic rings. The van der Waals surface area contributed by atoms with E-state index in [1.165, 1.54) is 16.7 Å². The van der Waals surface area contributed by atoms with Crippen molar-refractivity contribution in [2.75, 3.05) is 25.1 Å². The number of rotatable bonds is 4. The van der Waals surface area contributed by atoms with Crippen LogP contribution in [0, 0.1) is 6.92 Å². The summed E-state index contributed by atoms with van der Waals surface area (Å²) in [4.78, 5) is 9.35. The van der Waals surface area contributed by atoms with Gasteiger partial charge in [-0.1, -0.05) is 48.5 Å². The summed E-state index contributed by atoms with van der Waals surface area (Å²) in [6.45, 7) is 3.97.